The van der Waals surface area contributed by atoms with Crippen molar-refractivity contribution in [3.05, 3.63) is 35.9 Å². The number of rotatable bonds is 9. The third kappa shape index (κ3) is 7.69. The minimum Gasteiger partial charge on any atom is -0.480 e. The number of amides is 3. The zero-order valence-corrected chi connectivity index (χ0v) is 23.2. The van der Waals surface area contributed by atoms with Gasteiger partial charge >= 0.3 is 12.1 Å². The van der Waals surface area contributed by atoms with Gasteiger partial charge in [0.15, 0.2) is 0 Å². The number of aliphatic carboxylic acids is 1. The summed E-state index contributed by atoms with van der Waals surface area (Å²) in [5, 5.41) is 15.1. The van der Waals surface area contributed by atoms with Crippen molar-refractivity contribution in [3.63, 3.8) is 0 Å². The molecule has 1 aromatic carbocycles. The normalized spacial score (nSPS) is 17.9. The number of carbonyl (C=O) groups is 4. The predicted molar refractivity (Wildman–Crippen MR) is 141 cm³/mol. The zero-order chi connectivity index (χ0) is 28.0. The Morgan fingerprint density at radius 3 is 2.03 bits per heavy atom. The second-order valence-corrected chi connectivity index (χ2v) is 11.3. The fourth-order valence-electron chi connectivity index (χ4n) is 4.54. The van der Waals surface area contributed by atoms with Gasteiger partial charge in [0.25, 0.3) is 0 Å². The van der Waals surface area contributed by atoms with E-state index in [1.54, 1.807) is 18.7 Å². The highest BCUT2D eigenvalue weighted by molar-refractivity contribution is 5.94. The Morgan fingerprint density at radius 2 is 1.57 bits per heavy atom. The van der Waals surface area contributed by atoms with Gasteiger partial charge in [0.05, 0.1) is 5.41 Å². The molecule has 2 rings (SSSR count). The highest BCUT2D eigenvalue weighted by atomic mass is 16.6. The number of likely N-dealkylation sites (tertiary alicyclic amines) is 1. The fourth-order valence-corrected chi connectivity index (χ4v) is 4.54. The van der Waals surface area contributed by atoms with Crippen molar-refractivity contribution in [1.82, 2.24) is 15.5 Å². The van der Waals surface area contributed by atoms with Crippen molar-refractivity contribution in [2.75, 3.05) is 13.1 Å². The van der Waals surface area contributed by atoms with Crippen molar-refractivity contribution < 1.29 is 29.0 Å². The maximum absolute atomic E-state index is 14.0. The van der Waals surface area contributed by atoms with E-state index in [0.717, 1.165) is 5.56 Å². The van der Waals surface area contributed by atoms with E-state index < -0.39 is 41.1 Å². The van der Waals surface area contributed by atoms with E-state index in [4.69, 9.17) is 4.74 Å². The first-order chi connectivity index (χ1) is 17.2. The number of carbonyl (C=O) groups excluding carboxylic acids is 3. The first kappa shape index (κ1) is 30.1. The lowest BCUT2D eigenvalue weighted by Crippen LogP contribution is -2.60. The van der Waals surface area contributed by atoms with Gasteiger partial charge in [-0.05, 0) is 51.0 Å². The molecule has 1 aliphatic rings. The Hall–Kier alpha value is -3.10. The molecule has 0 spiro atoms. The zero-order valence-electron chi connectivity index (χ0n) is 23.2. The molecule has 0 aliphatic carbocycles. The quantitative estimate of drug-likeness (QED) is 0.459. The third-order valence-corrected chi connectivity index (χ3v) is 7.04. The van der Waals surface area contributed by atoms with E-state index in [1.807, 2.05) is 65.0 Å². The maximum Gasteiger partial charge on any atom is 0.410 e. The molecular weight excluding hydrogens is 474 g/mol. The number of piperidine rings is 1. The number of nitrogens with one attached hydrogen (secondary N) is 2. The molecule has 1 heterocycles. The molecule has 1 saturated heterocycles. The van der Waals surface area contributed by atoms with Crippen LogP contribution in [0.25, 0.3) is 0 Å². The summed E-state index contributed by atoms with van der Waals surface area (Å²) in [4.78, 5) is 53.1. The van der Waals surface area contributed by atoms with Crippen LogP contribution in [0.3, 0.4) is 0 Å². The molecule has 1 aliphatic heterocycles. The number of nitrogens with zero attached hydrogens (tertiary/aromatic N) is 1. The molecule has 3 atom stereocenters. The maximum atomic E-state index is 14.0. The number of carboxylic acid groups (broad SMARTS) is 1. The van der Waals surface area contributed by atoms with Crippen LogP contribution < -0.4 is 10.6 Å². The largest absolute Gasteiger partial charge is 0.480 e. The minimum atomic E-state index is -1.12. The van der Waals surface area contributed by atoms with Crippen molar-refractivity contribution in [3.8, 4) is 0 Å². The molecule has 37 heavy (non-hydrogen) atoms. The molecule has 3 unspecified atom stereocenters. The first-order valence-corrected chi connectivity index (χ1v) is 13.1. The van der Waals surface area contributed by atoms with Crippen molar-refractivity contribution in [2.45, 2.75) is 90.8 Å². The number of hydrogen-bond acceptors (Lipinski definition) is 5. The third-order valence-electron chi connectivity index (χ3n) is 7.04. The highest BCUT2D eigenvalue weighted by Gasteiger charge is 2.46. The SMILES string of the molecule is CCC(C)C(NC(=O)C1(c2ccccc2)CCN(C(=O)OC(C)(C)C)CC1)C(=O)NC(C(=O)O)C(C)C. The van der Waals surface area contributed by atoms with E-state index >= 15 is 0 Å². The lowest BCUT2D eigenvalue weighted by molar-refractivity contribution is -0.144. The van der Waals surface area contributed by atoms with Gasteiger partial charge in [0.1, 0.15) is 17.7 Å². The number of hydrogen-bond donors (Lipinski definition) is 3. The number of ether oxygens (including phenoxy) is 1. The van der Waals surface area contributed by atoms with Gasteiger partial charge in [-0.3, -0.25) is 9.59 Å². The minimum absolute atomic E-state index is 0.222. The average molecular weight is 518 g/mol. The molecule has 206 valence electrons. The standard InChI is InChI=1S/C28H43N3O6/c1-8-19(4)22(23(32)29-21(18(2)3)24(33)34)30-25(35)28(20-12-10-9-11-13-20)14-16-31(17-15-28)26(36)37-27(5,6)7/h9-13,18-19,21-22H,8,14-17H2,1-7H3,(H,29,32)(H,30,35)(H,33,34). The Balaban J connectivity index is 2.31. The summed E-state index contributed by atoms with van der Waals surface area (Å²) in [6.45, 7) is 13.3. The molecular formula is C28H43N3O6. The van der Waals surface area contributed by atoms with Gasteiger partial charge in [-0.25, -0.2) is 9.59 Å². The van der Waals surface area contributed by atoms with Crippen LogP contribution in [0.15, 0.2) is 30.3 Å². The lowest BCUT2D eigenvalue weighted by atomic mass is 9.71. The Labute approximate surface area is 220 Å². The molecule has 9 heteroatoms. The summed E-state index contributed by atoms with van der Waals surface area (Å²) in [5.41, 5.74) is -0.760. The second kappa shape index (κ2) is 12.4. The summed E-state index contributed by atoms with van der Waals surface area (Å²) in [7, 11) is 0. The van der Waals surface area contributed by atoms with Gasteiger partial charge in [-0.1, -0.05) is 64.4 Å². The van der Waals surface area contributed by atoms with Crippen LogP contribution in [0.4, 0.5) is 4.79 Å². The molecule has 1 aromatic rings. The van der Waals surface area contributed by atoms with Crippen LogP contribution >= 0.6 is 0 Å². The summed E-state index contributed by atoms with van der Waals surface area (Å²) >= 11 is 0. The molecule has 0 saturated carbocycles. The van der Waals surface area contributed by atoms with E-state index in [0.29, 0.717) is 32.4 Å². The fraction of sp³-hybridized carbons (Fsp3) is 0.643. The van der Waals surface area contributed by atoms with Crippen LogP contribution in [-0.4, -0.2) is 64.7 Å². The van der Waals surface area contributed by atoms with E-state index in [-0.39, 0.29) is 17.7 Å². The predicted octanol–water partition coefficient (Wildman–Crippen LogP) is 3.71. The summed E-state index contributed by atoms with van der Waals surface area (Å²) in [5.74, 6) is -2.48. The van der Waals surface area contributed by atoms with Crippen LogP contribution in [0.1, 0.15) is 73.3 Å². The smallest absolute Gasteiger partial charge is 0.410 e. The second-order valence-electron chi connectivity index (χ2n) is 11.3. The van der Waals surface area contributed by atoms with Crippen LogP contribution in [-0.2, 0) is 24.5 Å². The Bertz CT molecular complexity index is 948. The van der Waals surface area contributed by atoms with Gasteiger partial charge in [0, 0.05) is 13.1 Å². The van der Waals surface area contributed by atoms with Crippen LogP contribution in [0.2, 0.25) is 0 Å². The molecule has 3 N–H and O–H groups in total. The van der Waals surface area contributed by atoms with Crippen molar-refractivity contribution in [1.29, 1.82) is 0 Å². The molecule has 1 fully saturated rings. The van der Waals surface area contributed by atoms with Gasteiger partial charge in [0.2, 0.25) is 11.8 Å². The molecule has 0 radical (unpaired) electrons. The first-order valence-electron chi connectivity index (χ1n) is 13.1. The van der Waals surface area contributed by atoms with Crippen LogP contribution in [0.5, 0.6) is 0 Å². The highest BCUT2D eigenvalue weighted by Crippen LogP contribution is 2.37. The summed E-state index contributed by atoms with van der Waals surface area (Å²) < 4.78 is 5.51. The summed E-state index contributed by atoms with van der Waals surface area (Å²) in [6.07, 6.45) is 0.920. The number of benzene rings is 1. The van der Waals surface area contributed by atoms with Crippen molar-refractivity contribution in [2.24, 2.45) is 11.8 Å². The monoisotopic (exact) mass is 517 g/mol. The van der Waals surface area contributed by atoms with E-state index in [2.05, 4.69) is 10.6 Å². The molecule has 3 amide bonds. The van der Waals surface area contributed by atoms with Crippen LogP contribution in [0, 0.1) is 11.8 Å². The number of carboxylic acids is 1. The molecule has 0 bridgehead atoms. The van der Waals surface area contributed by atoms with E-state index in [9.17, 15) is 24.3 Å². The Morgan fingerprint density at radius 1 is 1.00 bits per heavy atom. The van der Waals surface area contributed by atoms with Crippen molar-refractivity contribution >= 4 is 23.9 Å². The van der Waals surface area contributed by atoms with Gasteiger partial charge < -0.3 is 25.4 Å². The molecule has 0 aromatic heterocycles. The lowest BCUT2D eigenvalue weighted by Gasteiger charge is -2.42. The van der Waals surface area contributed by atoms with Gasteiger partial charge in [-0.2, -0.15) is 0 Å². The molecule has 9 nitrogen and oxygen atoms in total. The average Bonchev–Trinajstić information content (AvgIpc) is 2.84. The van der Waals surface area contributed by atoms with Gasteiger partial charge in [-0.15, -0.1) is 0 Å². The topological polar surface area (TPSA) is 125 Å². The summed E-state index contributed by atoms with van der Waals surface area (Å²) in [6, 6.07) is 7.42. The van der Waals surface area contributed by atoms with E-state index in [1.165, 1.54) is 0 Å². The Kier molecular flexibility index (Phi) is 10.1.